The van der Waals surface area contributed by atoms with E-state index >= 15 is 0 Å². The number of hydrogen-bond acceptors (Lipinski definition) is 3. The summed E-state index contributed by atoms with van der Waals surface area (Å²) in [5.41, 5.74) is 0.727. The molecule has 22 heavy (non-hydrogen) atoms. The number of amides is 1. The first-order chi connectivity index (χ1) is 10.5. The normalized spacial score (nSPS) is 21.0. The van der Waals surface area contributed by atoms with Crippen LogP contribution in [0.15, 0.2) is 18.2 Å². The number of nitrogens with zero attached hydrogens (tertiary/aromatic N) is 1. The number of rotatable bonds is 5. The number of benzene rings is 1. The molecule has 1 heterocycles. The minimum Gasteiger partial charge on any atom is -0.492 e. The van der Waals surface area contributed by atoms with Crippen LogP contribution in [0.1, 0.15) is 25.8 Å². The van der Waals surface area contributed by atoms with Gasteiger partial charge in [0.1, 0.15) is 5.75 Å². The average molecular weight is 326 g/mol. The molecule has 1 aliphatic rings. The van der Waals surface area contributed by atoms with E-state index in [0.717, 1.165) is 5.56 Å². The van der Waals surface area contributed by atoms with Crippen molar-refractivity contribution in [3.05, 3.63) is 28.8 Å². The second kappa shape index (κ2) is 7.01. The van der Waals surface area contributed by atoms with Crippen LogP contribution in [0.2, 0.25) is 5.02 Å². The van der Waals surface area contributed by atoms with E-state index in [9.17, 15) is 9.59 Å². The van der Waals surface area contributed by atoms with Crippen molar-refractivity contribution in [1.82, 2.24) is 4.90 Å². The minimum absolute atomic E-state index is 0.0977. The summed E-state index contributed by atoms with van der Waals surface area (Å²) >= 11 is 6.12. The number of carbonyl (C=O) groups is 2. The third kappa shape index (κ3) is 3.35. The lowest BCUT2D eigenvalue weighted by atomic mass is 10.0. The molecule has 2 unspecified atom stereocenters. The number of carboxylic acid groups (broad SMARTS) is 1. The Morgan fingerprint density at radius 1 is 1.45 bits per heavy atom. The molecule has 0 bridgehead atoms. The first kappa shape index (κ1) is 16.6. The van der Waals surface area contributed by atoms with E-state index in [1.54, 1.807) is 24.0 Å². The molecule has 2 atom stereocenters. The molecule has 1 fully saturated rings. The largest absolute Gasteiger partial charge is 0.492 e. The van der Waals surface area contributed by atoms with Crippen molar-refractivity contribution in [3.8, 4) is 5.75 Å². The van der Waals surface area contributed by atoms with Crippen molar-refractivity contribution in [2.24, 2.45) is 5.92 Å². The number of para-hydroxylation sites is 1. The van der Waals surface area contributed by atoms with Crippen molar-refractivity contribution >= 4 is 23.5 Å². The molecule has 5 nitrogen and oxygen atoms in total. The van der Waals surface area contributed by atoms with Crippen LogP contribution in [0.25, 0.3) is 0 Å². The molecule has 0 radical (unpaired) electrons. The van der Waals surface area contributed by atoms with Crippen molar-refractivity contribution < 1.29 is 19.4 Å². The summed E-state index contributed by atoms with van der Waals surface area (Å²) in [4.78, 5) is 25.3. The molecule has 6 heteroatoms. The Hall–Kier alpha value is -1.75. The SMILES string of the molecule is CCOc1c(Cl)cccc1CC(=O)N1CCC(C(=O)O)C1C. The van der Waals surface area contributed by atoms with Gasteiger partial charge in [-0.25, -0.2) is 0 Å². The van der Waals surface area contributed by atoms with Crippen molar-refractivity contribution in [3.63, 3.8) is 0 Å². The van der Waals surface area contributed by atoms with Gasteiger partial charge in [-0.3, -0.25) is 9.59 Å². The second-order valence-corrected chi connectivity index (χ2v) is 5.81. The van der Waals surface area contributed by atoms with Gasteiger partial charge in [-0.2, -0.15) is 0 Å². The third-order valence-electron chi connectivity index (χ3n) is 4.07. The summed E-state index contributed by atoms with van der Waals surface area (Å²) in [6, 6.07) is 5.02. The second-order valence-electron chi connectivity index (χ2n) is 5.40. The smallest absolute Gasteiger partial charge is 0.308 e. The van der Waals surface area contributed by atoms with Gasteiger partial charge in [0.25, 0.3) is 0 Å². The maximum absolute atomic E-state index is 12.5. The van der Waals surface area contributed by atoms with Crippen molar-refractivity contribution in [1.29, 1.82) is 0 Å². The topological polar surface area (TPSA) is 66.8 Å². The number of hydrogen-bond donors (Lipinski definition) is 1. The van der Waals surface area contributed by atoms with Gasteiger partial charge >= 0.3 is 5.97 Å². The van der Waals surface area contributed by atoms with Gasteiger partial charge < -0.3 is 14.7 Å². The van der Waals surface area contributed by atoms with Crippen LogP contribution < -0.4 is 4.74 Å². The molecular formula is C16H20ClNO4. The third-order valence-corrected chi connectivity index (χ3v) is 4.37. The fourth-order valence-corrected chi connectivity index (χ4v) is 3.13. The van der Waals surface area contributed by atoms with E-state index in [0.29, 0.717) is 30.3 Å². The number of carboxylic acids is 1. The summed E-state index contributed by atoms with van der Waals surface area (Å²) in [6.45, 7) is 4.58. The van der Waals surface area contributed by atoms with E-state index in [2.05, 4.69) is 0 Å². The molecule has 1 saturated heterocycles. The maximum Gasteiger partial charge on any atom is 0.308 e. The molecule has 0 aliphatic carbocycles. The molecule has 1 aromatic rings. The van der Waals surface area contributed by atoms with Gasteiger partial charge in [0, 0.05) is 18.2 Å². The monoisotopic (exact) mass is 325 g/mol. The summed E-state index contributed by atoms with van der Waals surface area (Å²) in [5, 5.41) is 9.62. The Labute approximate surface area is 134 Å². The Morgan fingerprint density at radius 2 is 2.18 bits per heavy atom. The summed E-state index contributed by atoms with van der Waals surface area (Å²) in [5.74, 6) is -0.906. The first-order valence-electron chi connectivity index (χ1n) is 7.38. The standard InChI is InChI=1S/C16H20ClNO4/c1-3-22-15-11(5-4-6-13(15)17)9-14(19)18-8-7-12(10(18)2)16(20)21/h4-6,10,12H,3,7-9H2,1-2H3,(H,20,21). The molecule has 2 rings (SSSR count). The number of likely N-dealkylation sites (tertiary alicyclic amines) is 1. The van der Waals surface area contributed by atoms with Gasteiger partial charge in [0.2, 0.25) is 5.91 Å². The highest BCUT2D eigenvalue weighted by Gasteiger charge is 2.38. The quantitative estimate of drug-likeness (QED) is 0.903. The highest BCUT2D eigenvalue weighted by molar-refractivity contribution is 6.32. The molecular weight excluding hydrogens is 306 g/mol. The highest BCUT2D eigenvalue weighted by atomic mass is 35.5. The van der Waals surface area contributed by atoms with Crippen LogP contribution in [0.4, 0.5) is 0 Å². The van der Waals surface area contributed by atoms with Crippen LogP contribution in [0.5, 0.6) is 5.75 Å². The number of aliphatic carboxylic acids is 1. The van der Waals surface area contributed by atoms with Gasteiger partial charge in [0.05, 0.1) is 24.0 Å². The number of halogens is 1. The van der Waals surface area contributed by atoms with Gasteiger partial charge in [-0.15, -0.1) is 0 Å². The van der Waals surface area contributed by atoms with Crippen molar-refractivity contribution in [2.45, 2.75) is 32.7 Å². The van der Waals surface area contributed by atoms with Gasteiger partial charge in [-0.05, 0) is 26.3 Å². The molecule has 1 aliphatic heterocycles. The van der Waals surface area contributed by atoms with E-state index < -0.39 is 11.9 Å². The highest BCUT2D eigenvalue weighted by Crippen LogP contribution is 2.31. The predicted octanol–water partition coefficient (Wildman–Crippen LogP) is 2.60. The fourth-order valence-electron chi connectivity index (χ4n) is 2.89. The van der Waals surface area contributed by atoms with Crippen LogP contribution in [0.3, 0.4) is 0 Å². The molecule has 120 valence electrons. The molecule has 1 aromatic carbocycles. The lowest BCUT2D eigenvalue weighted by molar-refractivity contribution is -0.143. The van der Waals surface area contributed by atoms with Crippen LogP contribution >= 0.6 is 11.6 Å². The lowest BCUT2D eigenvalue weighted by Crippen LogP contribution is -2.38. The van der Waals surface area contributed by atoms with E-state index in [1.807, 2.05) is 13.0 Å². The molecule has 1 amide bonds. The number of ether oxygens (including phenoxy) is 1. The van der Waals surface area contributed by atoms with E-state index in [4.69, 9.17) is 21.4 Å². The Kier molecular flexibility index (Phi) is 5.29. The zero-order chi connectivity index (χ0) is 16.3. The summed E-state index contributed by atoms with van der Waals surface area (Å²) in [6.07, 6.45) is 0.655. The fraction of sp³-hybridized carbons (Fsp3) is 0.500. The summed E-state index contributed by atoms with van der Waals surface area (Å²) < 4.78 is 5.52. The molecule has 0 spiro atoms. The Bertz CT molecular complexity index is 575. The molecule has 0 saturated carbocycles. The maximum atomic E-state index is 12.5. The lowest BCUT2D eigenvalue weighted by Gasteiger charge is -2.24. The van der Waals surface area contributed by atoms with Crippen molar-refractivity contribution in [2.75, 3.05) is 13.2 Å². The summed E-state index contributed by atoms with van der Waals surface area (Å²) in [7, 11) is 0. The zero-order valence-corrected chi connectivity index (χ0v) is 13.5. The molecule has 0 aromatic heterocycles. The Morgan fingerprint density at radius 3 is 2.77 bits per heavy atom. The minimum atomic E-state index is -0.847. The van der Waals surface area contributed by atoms with Gasteiger partial charge in [0.15, 0.2) is 0 Å². The van der Waals surface area contributed by atoms with Crippen LogP contribution in [-0.2, 0) is 16.0 Å². The van der Waals surface area contributed by atoms with Crippen LogP contribution in [0, 0.1) is 5.92 Å². The zero-order valence-electron chi connectivity index (χ0n) is 12.7. The van der Waals surface area contributed by atoms with E-state index in [-0.39, 0.29) is 18.4 Å². The average Bonchev–Trinajstić information content (AvgIpc) is 2.84. The Balaban J connectivity index is 2.13. The van der Waals surface area contributed by atoms with E-state index in [1.165, 1.54) is 0 Å². The first-order valence-corrected chi connectivity index (χ1v) is 7.76. The van der Waals surface area contributed by atoms with Gasteiger partial charge in [-0.1, -0.05) is 23.7 Å². The van der Waals surface area contributed by atoms with Crippen LogP contribution in [-0.4, -0.2) is 41.1 Å². The number of carbonyl (C=O) groups excluding carboxylic acids is 1. The molecule has 1 N–H and O–H groups in total. The predicted molar refractivity (Wildman–Crippen MR) is 83.2 cm³/mol.